The Balaban J connectivity index is 1.40. The van der Waals surface area contributed by atoms with Gasteiger partial charge < -0.3 is 13.9 Å². The van der Waals surface area contributed by atoms with E-state index in [2.05, 4.69) is 46.3 Å². The SMILES string of the molecule is CCCOc1ccc(OCCN2Cc3ccccc3C[C@@H]2c2nnc(C)o2)cc1. The van der Waals surface area contributed by atoms with Crippen LogP contribution in [0.1, 0.15) is 42.3 Å². The summed E-state index contributed by atoms with van der Waals surface area (Å²) in [4.78, 5) is 2.36. The molecule has 0 fully saturated rings. The van der Waals surface area contributed by atoms with Gasteiger partial charge in [-0.1, -0.05) is 31.2 Å². The molecule has 2 heterocycles. The van der Waals surface area contributed by atoms with E-state index in [1.54, 1.807) is 0 Å². The number of ether oxygens (including phenoxy) is 2. The number of nitrogens with zero attached hydrogens (tertiary/aromatic N) is 3. The molecule has 0 saturated carbocycles. The van der Waals surface area contributed by atoms with Gasteiger partial charge in [-0.15, -0.1) is 10.2 Å². The fraction of sp³-hybridized carbons (Fsp3) is 0.391. The lowest BCUT2D eigenvalue weighted by Gasteiger charge is -2.34. The quantitative estimate of drug-likeness (QED) is 0.567. The lowest BCUT2D eigenvalue weighted by Crippen LogP contribution is -2.37. The summed E-state index contributed by atoms with van der Waals surface area (Å²) in [6.07, 6.45) is 1.86. The first-order chi connectivity index (χ1) is 14.2. The van der Waals surface area contributed by atoms with Crippen molar-refractivity contribution in [3.8, 4) is 11.5 Å². The number of aryl methyl sites for hydroxylation is 1. The molecule has 1 atom stereocenters. The molecule has 29 heavy (non-hydrogen) atoms. The minimum atomic E-state index is 0.0690. The van der Waals surface area contributed by atoms with Gasteiger partial charge in [0, 0.05) is 20.0 Å². The molecule has 0 amide bonds. The molecular weight excluding hydrogens is 366 g/mol. The van der Waals surface area contributed by atoms with Crippen molar-refractivity contribution in [1.82, 2.24) is 15.1 Å². The highest BCUT2D eigenvalue weighted by molar-refractivity contribution is 5.32. The summed E-state index contributed by atoms with van der Waals surface area (Å²) >= 11 is 0. The Labute approximate surface area is 171 Å². The van der Waals surface area contributed by atoms with Gasteiger partial charge in [-0.3, -0.25) is 4.90 Å². The number of fused-ring (bicyclic) bond motifs is 1. The molecule has 2 aromatic carbocycles. The van der Waals surface area contributed by atoms with Crippen LogP contribution in [0, 0.1) is 6.92 Å². The fourth-order valence-corrected chi connectivity index (χ4v) is 3.63. The Morgan fingerprint density at radius 3 is 2.31 bits per heavy atom. The van der Waals surface area contributed by atoms with Gasteiger partial charge in [0.05, 0.1) is 12.6 Å². The van der Waals surface area contributed by atoms with Crippen molar-refractivity contribution in [3.63, 3.8) is 0 Å². The van der Waals surface area contributed by atoms with Crippen molar-refractivity contribution in [2.45, 2.75) is 39.3 Å². The zero-order valence-corrected chi connectivity index (χ0v) is 17.0. The van der Waals surface area contributed by atoms with E-state index < -0.39 is 0 Å². The average molecular weight is 393 g/mol. The molecule has 6 heteroatoms. The Morgan fingerprint density at radius 1 is 0.966 bits per heavy atom. The standard InChI is InChI=1S/C23H27N3O3/c1-3-13-27-20-8-10-21(11-9-20)28-14-12-26-16-19-7-5-4-6-18(19)15-22(26)23-25-24-17(2)29-23/h4-11,22H,3,12-16H2,1-2H3/t22-/m1/s1. The van der Waals surface area contributed by atoms with Gasteiger partial charge in [-0.05, 0) is 48.2 Å². The second kappa shape index (κ2) is 9.09. The molecule has 0 bridgehead atoms. The Kier molecular flexibility index (Phi) is 6.10. The van der Waals surface area contributed by atoms with Crippen LogP contribution in [0.25, 0.3) is 0 Å². The first kappa shape index (κ1) is 19.5. The first-order valence-corrected chi connectivity index (χ1v) is 10.2. The van der Waals surface area contributed by atoms with Gasteiger partial charge in [-0.25, -0.2) is 0 Å². The molecule has 152 valence electrons. The predicted octanol–water partition coefficient (Wildman–Crippen LogP) is 4.35. The van der Waals surface area contributed by atoms with E-state index in [9.17, 15) is 0 Å². The van der Waals surface area contributed by atoms with Crippen LogP contribution < -0.4 is 9.47 Å². The third kappa shape index (κ3) is 4.77. The van der Waals surface area contributed by atoms with Crippen LogP contribution >= 0.6 is 0 Å². The predicted molar refractivity (Wildman–Crippen MR) is 110 cm³/mol. The van der Waals surface area contributed by atoms with Crippen LogP contribution in [-0.4, -0.2) is 34.9 Å². The maximum atomic E-state index is 5.98. The molecule has 4 rings (SSSR count). The monoisotopic (exact) mass is 393 g/mol. The van der Waals surface area contributed by atoms with Gasteiger partial charge in [0.25, 0.3) is 0 Å². The second-order valence-corrected chi connectivity index (χ2v) is 7.29. The van der Waals surface area contributed by atoms with Gasteiger partial charge in [-0.2, -0.15) is 0 Å². The normalized spacial score (nSPS) is 16.4. The third-order valence-electron chi connectivity index (χ3n) is 5.12. The van der Waals surface area contributed by atoms with Crippen LogP contribution in [0.15, 0.2) is 52.9 Å². The summed E-state index contributed by atoms with van der Waals surface area (Å²) in [7, 11) is 0. The molecule has 3 aromatic rings. The van der Waals surface area contributed by atoms with Crippen LogP contribution in [0.5, 0.6) is 11.5 Å². The minimum absolute atomic E-state index is 0.0690. The fourth-order valence-electron chi connectivity index (χ4n) is 3.63. The lowest BCUT2D eigenvalue weighted by atomic mass is 9.94. The van der Waals surface area contributed by atoms with Crippen molar-refractivity contribution >= 4 is 0 Å². The maximum absolute atomic E-state index is 5.98. The Bertz CT molecular complexity index is 923. The summed E-state index contributed by atoms with van der Waals surface area (Å²) in [6, 6.07) is 16.4. The van der Waals surface area contributed by atoms with Crippen LogP contribution in [0.4, 0.5) is 0 Å². The van der Waals surface area contributed by atoms with E-state index in [0.29, 0.717) is 18.4 Å². The highest BCUT2D eigenvalue weighted by Crippen LogP contribution is 2.32. The number of aromatic nitrogens is 2. The minimum Gasteiger partial charge on any atom is -0.494 e. The number of benzene rings is 2. The van der Waals surface area contributed by atoms with E-state index in [4.69, 9.17) is 13.9 Å². The van der Waals surface area contributed by atoms with Gasteiger partial charge in [0.2, 0.25) is 11.8 Å². The number of hydrogen-bond acceptors (Lipinski definition) is 6. The van der Waals surface area contributed by atoms with Crippen molar-refractivity contribution < 1.29 is 13.9 Å². The summed E-state index contributed by atoms with van der Waals surface area (Å²) in [5.41, 5.74) is 2.69. The second-order valence-electron chi connectivity index (χ2n) is 7.29. The third-order valence-corrected chi connectivity index (χ3v) is 5.12. The average Bonchev–Trinajstić information content (AvgIpc) is 3.18. The molecule has 0 N–H and O–H groups in total. The van der Waals surface area contributed by atoms with E-state index >= 15 is 0 Å². The van der Waals surface area contributed by atoms with E-state index in [1.807, 2.05) is 31.2 Å². The topological polar surface area (TPSA) is 60.6 Å². The maximum Gasteiger partial charge on any atom is 0.233 e. The summed E-state index contributed by atoms with van der Waals surface area (Å²) < 4.78 is 17.4. The molecule has 0 radical (unpaired) electrons. The zero-order valence-electron chi connectivity index (χ0n) is 17.0. The molecule has 1 aliphatic heterocycles. The van der Waals surface area contributed by atoms with Crippen molar-refractivity contribution in [2.75, 3.05) is 19.8 Å². The number of hydrogen-bond donors (Lipinski definition) is 0. The van der Waals surface area contributed by atoms with Crippen molar-refractivity contribution in [1.29, 1.82) is 0 Å². The molecule has 0 unspecified atom stereocenters. The molecular formula is C23H27N3O3. The first-order valence-electron chi connectivity index (χ1n) is 10.2. The van der Waals surface area contributed by atoms with Crippen LogP contribution in [-0.2, 0) is 13.0 Å². The van der Waals surface area contributed by atoms with Gasteiger partial charge in [0.15, 0.2) is 0 Å². The van der Waals surface area contributed by atoms with Gasteiger partial charge >= 0.3 is 0 Å². The Hall–Kier alpha value is -2.86. The highest BCUT2D eigenvalue weighted by atomic mass is 16.5. The van der Waals surface area contributed by atoms with E-state index in [0.717, 1.165) is 44.0 Å². The van der Waals surface area contributed by atoms with Crippen LogP contribution in [0.3, 0.4) is 0 Å². The zero-order chi connectivity index (χ0) is 20.1. The summed E-state index contributed by atoms with van der Waals surface area (Å²) in [6.45, 7) is 6.85. The van der Waals surface area contributed by atoms with Crippen LogP contribution in [0.2, 0.25) is 0 Å². The highest BCUT2D eigenvalue weighted by Gasteiger charge is 2.30. The molecule has 0 spiro atoms. The largest absolute Gasteiger partial charge is 0.494 e. The molecule has 0 saturated heterocycles. The molecule has 1 aliphatic rings. The molecule has 6 nitrogen and oxygen atoms in total. The van der Waals surface area contributed by atoms with Crippen molar-refractivity contribution in [2.24, 2.45) is 0 Å². The molecule has 1 aromatic heterocycles. The summed E-state index contributed by atoms with van der Waals surface area (Å²) in [5, 5.41) is 8.30. The number of rotatable bonds is 8. The van der Waals surface area contributed by atoms with E-state index in [-0.39, 0.29) is 6.04 Å². The molecule has 0 aliphatic carbocycles. The lowest BCUT2D eigenvalue weighted by molar-refractivity contribution is 0.120. The van der Waals surface area contributed by atoms with Gasteiger partial charge in [0.1, 0.15) is 18.1 Å². The summed E-state index contributed by atoms with van der Waals surface area (Å²) in [5.74, 6) is 2.99. The smallest absolute Gasteiger partial charge is 0.233 e. The van der Waals surface area contributed by atoms with E-state index in [1.165, 1.54) is 11.1 Å². The van der Waals surface area contributed by atoms with Crippen molar-refractivity contribution in [3.05, 3.63) is 71.4 Å². The Morgan fingerprint density at radius 2 is 1.66 bits per heavy atom.